The van der Waals surface area contributed by atoms with Gasteiger partial charge in [-0.15, -0.1) is 0 Å². The molecule has 0 heterocycles. The lowest BCUT2D eigenvalue weighted by molar-refractivity contribution is 0.102. The van der Waals surface area contributed by atoms with E-state index in [0.717, 1.165) is 16.6 Å². The van der Waals surface area contributed by atoms with E-state index < -0.39 is 7.14 Å². The van der Waals surface area contributed by atoms with Gasteiger partial charge in [0.15, 0.2) is 0 Å². The molecule has 0 aliphatic heterocycles. The molecule has 0 saturated carbocycles. The highest BCUT2D eigenvalue weighted by atomic mass is 31.2. The van der Waals surface area contributed by atoms with Gasteiger partial charge in [-0.25, -0.2) is 0 Å². The Labute approximate surface area is 119 Å². The van der Waals surface area contributed by atoms with Gasteiger partial charge in [0.05, 0.1) is 0 Å². The van der Waals surface area contributed by atoms with Crippen LogP contribution in [0, 0.1) is 6.92 Å². The van der Waals surface area contributed by atoms with Gasteiger partial charge in [0, 0.05) is 16.6 Å². The maximum atomic E-state index is 12.2. The van der Waals surface area contributed by atoms with Gasteiger partial charge in [-0.3, -0.25) is 4.79 Å². The van der Waals surface area contributed by atoms with Gasteiger partial charge in [-0.05, 0) is 50.1 Å². The second-order valence-electron chi connectivity index (χ2n) is 5.22. The van der Waals surface area contributed by atoms with Crippen molar-refractivity contribution in [3.8, 4) is 0 Å². The smallest absolute Gasteiger partial charge is 0.255 e. The topological polar surface area (TPSA) is 46.2 Å². The molecule has 1 amide bonds. The predicted molar refractivity (Wildman–Crippen MR) is 84.7 cm³/mol. The molecule has 0 fully saturated rings. The zero-order chi connectivity index (χ0) is 14.8. The zero-order valence-electron chi connectivity index (χ0n) is 11.9. The Kier molecular flexibility index (Phi) is 4.10. The summed E-state index contributed by atoms with van der Waals surface area (Å²) in [4.78, 5) is 12.2. The first-order chi connectivity index (χ1) is 9.36. The number of aryl methyl sites for hydroxylation is 1. The first-order valence-corrected chi connectivity index (χ1v) is 9.00. The van der Waals surface area contributed by atoms with Crippen molar-refractivity contribution in [3.05, 3.63) is 59.7 Å². The number of hydrogen-bond donors (Lipinski definition) is 1. The summed E-state index contributed by atoms with van der Waals surface area (Å²) >= 11 is 0. The Morgan fingerprint density at radius 1 is 1.05 bits per heavy atom. The standard InChI is InChI=1S/C16H18NO2P/c1-12-6-4-8-14(10-12)17-16(18)13-7-5-9-15(11-13)20(2,3)19/h4-11H,1-3H3,(H,17,18). The van der Waals surface area contributed by atoms with Crippen LogP contribution in [0.1, 0.15) is 15.9 Å². The molecule has 104 valence electrons. The second kappa shape index (κ2) is 5.64. The summed E-state index contributed by atoms with van der Waals surface area (Å²) in [6.07, 6.45) is 0. The van der Waals surface area contributed by atoms with E-state index in [4.69, 9.17) is 0 Å². The molecule has 0 bridgehead atoms. The zero-order valence-corrected chi connectivity index (χ0v) is 12.8. The third-order valence-corrected chi connectivity index (χ3v) is 4.53. The highest BCUT2D eigenvalue weighted by Crippen LogP contribution is 2.34. The van der Waals surface area contributed by atoms with Gasteiger partial charge in [-0.2, -0.15) is 0 Å². The minimum atomic E-state index is -2.35. The van der Waals surface area contributed by atoms with Crippen LogP contribution in [0.3, 0.4) is 0 Å². The first kappa shape index (κ1) is 14.5. The summed E-state index contributed by atoms with van der Waals surface area (Å²) in [7, 11) is -2.35. The number of nitrogens with one attached hydrogen (secondary N) is 1. The van der Waals surface area contributed by atoms with E-state index in [1.165, 1.54) is 0 Å². The summed E-state index contributed by atoms with van der Waals surface area (Å²) in [5.41, 5.74) is 2.37. The van der Waals surface area contributed by atoms with Crippen molar-refractivity contribution < 1.29 is 9.36 Å². The third-order valence-electron chi connectivity index (χ3n) is 3.01. The molecular formula is C16H18NO2P. The van der Waals surface area contributed by atoms with E-state index >= 15 is 0 Å². The molecule has 0 saturated heterocycles. The first-order valence-electron chi connectivity index (χ1n) is 6.40. The molecule has 0 aromatic heterocycles. The molecule has 4 heteroatoms. The fourth-order valence-electron chi connectivity index (χ4n) is 1.91. The Morgan fingerprint density at radius 2 is 1.75 bits per heavy atom. The Bertz CT molecular complexity index is 688. The van der Waals surface area contributed by atoms with E-state index in [1.807, 2.05) is 31.2 Å². The van der Waals surface area contributed by atoms with Gasteiger partial charge in [-0.1, -0.05) is 24.3 Å². The van der Waals surface area contributed by atoms with Crippen molar-refractivity contribution in [1.29, 1.82) is 0 Å². The maximum Gasteiger partial charge on any atom is 0.255 e. The monoisotopic (exact) mass is 287 g/mol. The summed E-state index contributed by atoms with van der Waals surface area (Å²) in [6, 6.07) is 14.6. The molecule has 0 aliphatic rings. The maximum absolute atomic E-state index is 12.2. The summed E-state index contributed by atoms with van der Waals surface area (Å²) in [5, 5.41) is 3.57. The molecular weight excluding hydrogens is 269 g/mol. The van der Waals surface area contributed by atoms with Crippen molar-refractivity contribution in [2.45, 2.75) is 6.92 Å². The summed E-state index contributed by atoms with van der Waals surface area (Å²) in [6.45, 7) is 5.37. The van der Waals surface area contributed by atoms with Gasteiger partial charge in [0.1, 0.15) is 7.14 Å². The van der Waals surface area contributed by atoms with Crippen molar-refractivity contribution in [1.82, 2.24) is 0 Å². The average molecular weight is 287 g/mol. The van der Waals surface area contributed by atoms with E-state index in [9.17, 15) is 9.36 Å². The SMILES string of the molecule is Cc1cccc(NC(=O)c2cccc(P(C)(C)=O)c2)c1. The van der Waals surface area contributed by atoms with Crippen LogP contribution in [-0.4, -0.2) is 19.2 Å². The van der Waals surface area contributed by atoms with Crippen molar-refractivity contribution in [3.63, 3.8) is 0 Å². The number of benzene rings is 2. The number of rotatable bonds is 3. The molecule has 0 radical (unpaired) electrons. The predicted octanol–water partition coefficient (Wildman–Crippen LogP) is 3.50. The van der Waals surface area contributed by atoms with E-state index in [0.29, 0.717) is 5.56 Å². The number of carbonyl (C=O) groups excluding carboxylic acids is 1. The molecule has 0 unspecified atom stereocenters. The van der Waals surface area contributed by atoms with E-state index in [1.54, 1.807) is 37.6 Å². The number of hydrogen-bond acceptors (Lipinski definition) is 2. The van der Waals surface area contributed by atoms with Crippen LogP contribution in [0.25, 0.3) is 0 Å². The molecule has 0 spiro atoms. The van der Waals surface area contributed by atoms with Crippen LogP contribution in [-0.2, 0) is 4.57 Å². The third kappa shape index (κ3) is 3.58. The van der Waals surface area contributed by atoms with Crippen molar-refractivity contribution in [2.75, 3.05) is 18.6 Å². The number of carbonyl (C=O) groups is 1. The molecule has 20 heavy (non-hydrogen) atoms. The molecule has 3 nitrogen and oxygen atoms in total. The van der Waals surface area contributed by atoms with Crippen molar-refractivity contribution in [2.24, 2.45) is 0 Å². The van der Waals surface area contributed by atoms with Crippen LogP contribution < -0.4 is 10.6 Å². The fourth-order valence-corrected chi connectivity index (χ4v) is 2.80. The quantitative estimate of drug-likeness (QED) is 0.878. The van der Waals surface area contributed by atoms with Crippen LogP contribution >= 0.6 is 7.14 Å². The fraction of sp³-hybridized carbons (Fsp3) is 0.188. The normalized spacial score (nSPS) is 11.2. The largest absolute Gasteiger partial charge is 0.322 e. The number of anilines is 1. The van der Waals surface area contributed by atoms with Crippen LogP contribution in [0.2, 0.25) is 0 Å². The van der Waals surface area contributed by atoms with Gasteiger partial charge in [0.2, 0.25) is 0 Å². The lowest BCUT2D eigenvalue weighted by atomic mass is 10.2. The van der Waals surface area contributed by atoms with Gasteiger partial charge in [0.25, 0.3) is 5.91 Å². The van der Waals surface area contributed by atoms with Crippen LogP contribution in [0.4, 0.5) is 5.69 Å². The molecule has 0 aliphatic carbocycles. The molecule has 2 aromatic rings. The minimum Gasteiger partial charge on any atom is -0.322 e. The molecule has 2 rings (SSSR count). The minimum absolute atomic E-state index is 0.189. The Hall–Kier alpha value is -1.86. The summed E-state index contributed by atoms with van der Waals surface area (Å²) in [5.74, 6) is -0.189. The van der Waals surface area contributed by atoms with E-state index in [2.05, 4.69) is 5.32 Å². The highest BCUT2D eigenvalue weighted by molar-refractivity contribution is 7.70. The average Bonchev–Trinajstić information content (AvgIpc) is 2.38. The van der Waals surface area contributed by atoms with Crippen LogP contribution in [0.15, 0.2) is 48.5 Å². The number of amides is 1. The molecule has 0 atom stereocenters. The lowest BCUT2D eigenvalue weighted by Crippen LogP contribution is -2.14. The Morgan fingerprint density at radius 3 is 2.40 bits per heavy atom. The van der Waals surface area contributed by atoms with Crippen LogP contribution in [0.5, 0.6) is 0 Å². The molecule has 1 N–H and O–H groups in total. The highest BCUT2D eigenvalue weighted by Gasteiger charge is 2.13. The lowest BCUT2D eigenvalue weighted by Gasteiger charge is -2.10. The Balaban J connectivity index is 2.24. The van der Waals surface area contributed by atoms with E-state index in [-0.39, 0.29) is 5.91 Å². The molecule has 2 aromatic carbocycles. The second-order valence-corrected chi connectivity index (χ2v) is 8.44. The van der Waals surface area contributed by atoms with Crippen molar-refractivity contribution >= 4 is 24.0 Å². The van der Waals surface area contributed by atoms with Gasteiger partial charge < -0.3 is 9.88 Å². The van der Waals surface area contributed by atoms with Gasteiger partial charge >= 0.3 is 0 Å². The summed E-state index contributed by atoms with van der Waals surface area (Å²) < 4.78 is 12.1.